The summed E-state index contributed by atoms with van der Waals surface area (Å²) in [5.74, 6) is 1.97. The van der Waals surface area contributed by atoms with Crippen molar-refractivity contribution < 1.29 is 4.42 Å². The van der Waals surface area contributed by atoms with Crippen molar-refractivity contribution in [1.29, 1.82) is 0 Å². The van der Waals surface area contributed by atoms with Gasteiger partial charge in [-0.3, -0.25) is 0 Å². The zero-order valence-electron chi connectivity index (χ0n) is 15.4. The fraction of sp³-hybridized carbons (Fsp3) is 0.250. The van der Waals surface area contributed by atoms with Gasteiger partial charge in [0.15, 0.2) is 0 Å². The van der Waals surface area contributed by atoms with Crippen LogP contribution in [0, 0.1) is 20.8 Å². The van der Waals surface area contributed by atoms with E-state index in [2.05, 4.69) is 63.2 Å². The van der Waals surface area contributed by atoms with Crippen molar-refractivity contribution in [3.05, 3.63) is 81.8 Å². The molecule has 0 bridgehead atoms. The Bertz CT molecular complexity index is 985. The Morgan fingerprint density at radius 3 is 2.52 bits per heavy atom. The molecule has 0 unspecified atom stereocenters. The molecule has 25 heavy (non-hydrogen) atoms. The van der Waals surface area contributed by atoms with Crippen LogP contribution < -0.4 is 0 Å². The van der Waals surface area contributed by atoms with E-state index in [9.17, 15) is 0 Å². The van der Waals surface area contributed by atoms with Crippen molar-refractivity contribution in [2.45, 2.75) is 40.5 Å². The molecule has 0 amide bonds. The lowest BCUT2D eigenvalue weighted by Crippen LogP contribution is -1.97. The van der Waals surface area contributed by atoms with Gasteiger partial charge in [0.05, 0.1) is 0 Å². The highest BCUT2D eigenvalue weighted by Gasteiger charge is 2.23. The Morgan fingerprint density at radius 1 is 1.00 bits per heavy atom. The van der Waals surface area contributed by atoms with Gasteiger partial charge in [-0.25, -0.2) is 0 Å². The van der Waals surface area contributed by atoms with Crippen molar-refractivity contribution in [3.8, 4) is 11.1 Å². The highest BCUT2D eigenvalue weighted by atomic mass is 16.3. The molecular formula is C24H24O. The van der Waals surface area contributed by atoms with E-state index in [-0.39, 0.29) is 0 Å². The topological polar surface area (TPSA) is 13.1 Å². The first-order valence-electron chi connectivity index (χ1n) is 9.07. The van der Waals surface area contributed by atoms with Crippen molar-refractivity contribution in [3.63, 3.8) is 0 Å². The Labute approximate surface area is 150 Å². The number of allylic oxidation sites excluding steroid dienone is 1. The Hall–Kier alpha value is -2.54. The van der Waals surface area contributed by atoms with E-state index in [1.54, 1.807) is 0 Å². The van der Waals surface area contributed by atoms with Crippen LogP contribution in [0.4, 0.5) is 0 Å². The molecular weight excluding hydrogens is 304 g/mol. The average molecular weight is 328 g/mol. The van der Waals surface area contributed by atoms with Gasteiger partial charge in [0, 0.05) is 6.42 Å². The SMILES string of the molecule is CCc1ccccc1-c1c(C)c(C)cc2c1C=C(c1ccc(C)o1)C2. The molecule has 0 aliphatic heterocycles. The van der Waals surface area contributed by atoms with Crippen LogP contribution in [0.2, 0.25) is 0 Å². The monoisotopic (exact) mass is 328 g/mol. The summed E-state index contributed by atoms with van der Waals surface area (Å²) in [6.45, 7) is 8.71. The Kier molecular flexibility index (Phi) is 3.88. The maximum atomic E-state index is 5.88. The molecule has 4 rings (SSSR count). The molecule has 0 saturated heterocycles. The summed E-state index contributed by atoms with van der Waals surface area (Å²) in [5.41, 5.74) is 11.0. The zero-order chi connectivity index (χ0) is 17.6. The molecule has 1 heterocycles. The van der Waals surface area contributed by atoms with Gasteiger partial charge in [-0.15, -0.1) is 0 Å². The van der Waals surface area contributed by atoms with Gasteiger partial charge in [0.25, 0.3) is 0 Å². The number of aryl methyl sites for hydroxylation is 3. The number of furan rings is 1. The van der Waals surface area contributed by atoms with E-state index in [4.69, 9.17) is 4.42 Å². The number of fused-ring (bicyclic) bond motifs is 1. The molecule has 1 nitrogen and oxygen atoms in total. The third-order valence-electron chi connectivity index (χ3n) is 5.40. The summed E-state index contributed by atoms with van der Waals surface area (Å²) in [5, 5.41) is 0. The summed E-state index contributed by atoms with van der Waals surface area (Å²) in [6, 6.07) is 15.3. The second-order valence-corrected chi connectivity index (χ2v) is 7.03. The number of rotatable bonds is 3. The lowest BCUT2D eigenvalue weighted by Gasteiger charge is -2.17. The highest BCUT2D eigenvalue weighted by Crippen LogP contribution is 2.42. The van der Waals surface area contributed by atoms with Gasteiger partial charge in [0.1, 0.15) is 11.5 Å². The molecule has 0 radical (unpaired) electrons. The highest BCUT2D eigenvalue weighted by molar-refractivity contribution is 5.94. The Balaban J connectivity index is 1.93. The van der Waals surface area contributed by atoms with Crippen LogP contribution in [0.3, 0.4) is 0 Å². The molecule has 3 aromatic rings. The lowest BCUT2D eigenvalue weighted by molar-refractivity contribution is 0.521. The molecule has 1 heteroatoms. The first-order valence-corrected chi connectivity index (χ1v) is 9.07. The van der Waals surface area contributed by atoms with Gasteiger partial charge in [-0.05, 0) is 89.9 Å². The number of hydrogen-bond acceptors (Lipinski definition) is 1. The van der Waals surface area contributed by atoms with Gasteiger partial charge >= 0.3 is 0 Å². The molecule has 126 valence electrons. The van der Waals surface area contributed by atoms with E-state index in [1.807, 2.05) is 13.0 Å². The maximum Gasteiger partial charge on any atom is 0.130 e. The van der Waals surface area contributed by atoms with E-state index >= 15 is 0 Å². The minimum absolute atomic E-state index is 0.949. The van der Waals surface area contributed by atoms with Crippen molar-refractivity contribution in [2.24, 2.45) is 0 Å². The quantitative estimate of drug-likeness (QED) is 0.532. The normalized spacial score (nSPS) is 13.0. The molecule has 1 aliphatic rings. The van der Waals surface area contributed by atoms with Gasteiger partial charge in [-0.2, -0.15) is 0 Å². The van der Waals surface area contributed by atoms with Crippen LogP contribution in [0.25, 0.3) is 22.8 Å². The second kappa shape index (κ2) is 6.07. The van der Waals surface area contributed by atoms with Crippen molar-refractivity contribution in [2.75, 3.05) is 0 Å². The Morgan fingerprint density at radius 2 is 1.80 bits per heavy atom. The predicted octanol–water partition coefficient (Wildman–Crippen LogP) is 6.53. The fourth-order valence-electron chi connectivity index (χ4n) is 3.93. The van der Waals surface area contributed by atoms with E-state index in [0.717, 1.165) is 24.4 Å². The third kappa shape index (κ3) is 2.64. The summed E-state index contributed by atoms with van der Waals surface area (Å²) in [7, 11) is 0. The summed E-state index contributed by atoms with van der Waals surface area (Å²) >= 11 is 0. The number of hydrogen-bond donors (Lipinski definition) is 0. The molecule has 1 aromatic heterocycles. The lowest BCUT2D eigenvalue weighted by atomic mass is 9.87. The first kappa shape index (κ1) is 16.0. The molecule has 0 spiro atoms. The van der Waals surface area contributed by atoms with Crippen LogP contribution in [-0.2, 0) is 12.8 Å². The van der Waals surface area contributed by atoms with Crippen molar-refractivity contribution >= 4 is 11.6 Å². The van der Waals surface area contributed by atoms with Crippen LogP contribution in [-0.4, -0.2) is 0 Å². The predicted molar refractivity (Wildman–Crippen MR) is 106 cm³/mol. The first-order chi connectivity index (χ1) is 12.1. The number of benzene rings is 2. The molecule has 1 aliphatic carbocycles. The second-order valence-electron chi connectivity index (χ2n) is 7.03. The summed E-state index contributed by atoms with van der Waals surface area (Å²) < 4.78 is 5.88. The summed E-state index contributed by atoms with van der Waals surface area (Å²) in [4.78, 5) is 0. The molecule has 0 atom stereocenters. The largest absolute Gasteiger partial charge is 0.462 e. The smallest absolute Gasteiger partial charge is 0.130 e. The van der Waals surface area contributed by atoms with Gasteiger partial charge < -0.3 is 4.42 Å². The molecule has 0 fully saturated rings. The average Bonchev–Trinajstić information content (AvgIpc) is 3.22. The summed E-state index contributed by atoms with van der Waals surface area (Å²) in [6.07, 6.45) is 4.33. The van der Waals surface area contributed by atoms with Gasteiger partial charge in [0.2, 0.25) is 0 Å². The van der Waals surface area contributed by atoms with Crippen LogP contribution in [0.1, 0.15) is 46.3 Å². The van der Waals surface area contributed by atoms with E-state index < -0.39 is 0 Å². The van der Waals surface area contributed by atoms with Crippen LogP contribution >= 0.6 is 0 Å². The van der Waals surface area contributed by atoms with E-state index in [1.165, 1.54) is 44.5 Å². The van der Waals surface area contributed by atoms with E-state index in [0.29, 0.717) is 0 Å². The minimum atomic E-state index is 0.949. The van der Waals surface area contributed by atoms with Crippen molar-refractivity contribution in [1.82, 2.24) is 0 Å². The molecule has 0 saturated carbocycles. The third-order valence-corrected chi connectivity index (χ3v) is 5.40. The maximum absolute atomic E-state index is 5.88. The zero-order valence-corrected chi connectivity index (χ0v) is 15.4. The van der Waals surface area contributed by atoms with Gasteiger partial charge in [-0.1, -0.05) is 37.3 Å². The van der Waals surface area contributed by atoms with Crippen LogP contribution in [0.5, 0.6) is 0 Å². The molecule has 2 aromatic carbocycles. The fourth-order valence-corrected chi connectivity index (χ4v) is 3.93. The standard InChI is InChI=1S/C24H24O/c1-5-18-8-6-7-9-21(18)24-17(4)15(2)12-19-13-20(14-22(19)24)23-11-10-16(3)25-23/h6-12,14H,5,13H2,1-4H3. The van der Waals surface area contributed by atoms with Crippen LogP contribution in [0.15, 0.2) is 46.9 Å². The minimum Gasteiger partial charge on any atom is -0.462 e. The molecule has 0 N–H and O–H groups in total.